The fourth-order valence-electron chi connectivity index (χ4n) is 3.81. The number of hydrogen-bond acceptors (Lipinski definition) is 7. The molecule has 35 heavy (non-hydrogen) atoms. The normalized spacial score (nSPS) is 10.9. The first-order valence-electron chi connectivity index (χ1n) is 10.6. The lowest BCUT2D eigenvalue weighted by molar-refractivity contribution is -0.384. The molecular formula is C25H19N5O4S. The number of thiophene rings is 1. The van der Waals surface area contributed by atoms with Crippen molar-refractivity contribution in [3.05, 3.63) is 99.2 Å². The van der Waals surface area contributed by atoms with Gasteiger partial charge in [-0.3, -0.25) is 14.9 Å². The van der Waals surface area contributed by atoms with E-state index in [9.17, 15) is 14.9 Å². The van der Waals surface area contributed by atoms with Gasteiger partial charge in [-0.25, -0.2) is 9.50 Å². The Morgan fingerprint density at radius 1 is 1.09 bits per heavy atom. The molecule has 0 aliphatic rings. The summed E-state index contributed by atoms with van der Waals surface area (Å²) in [5.74, 6) is 0.291. The largest absolute Gasteiger partial charge is 0.457 e. The van der Waals surface area contributed by atoms with Gasteiger partial charge < -0.3 is 10.1 Å². The minimum atomic E-state index is -0.534. The first-order chi connectivity index (χ1) is 16.9. The molecule has 0 unspecified atom stereocenters. The van der Waals surface area contributed by atoms with E-state index in [1.54, 1.807) is 28.1 Å². The number of carbonyl (C=O) groups excluding carboxylic acids is 1. The monoisotopic (exact) mass is 485 g/mol. The van der Waals surface area contributed by atoms with Crippen molar-refractivity contribution in [3.63, 3.8) is 0 Å². The van der Waals surface area contributed by atoms with Crippen molar-refractivity contribution in [2.24, 2.45) is 0 Å². The maximum atomic E-state index is 13.1. The molecule has 1 amide bonds. The summed E-state index contributed by atoms with van der Waals surface area (Å²) >= 11 is 1.55. The number of amides is 1. The summed E-state index contributed by atoms with van der Waals surface area (Å²) in [7, 11) is 0. The number of nitrogens with zero attached hydrogens (tertiary/aromatic N) is 4. The van der Waals surface area contributed by atoms with Gasteiger partial charge in [-0.1, -0.05) is 12.1 Å². The number of nitro benzene ring substituents is 1. The highest BCUT2D eigenvalue weighted by molar-refractivity contribution is 7.13. The highest BCUT2D eigenvalue weighted by Gasteiger charge is 2.19. The highest BCUT2D eigenvalue weighted by Crippen LogP contribution is 2.31. The fourth-order valence-corrected chi connectivity index (χ4v) is 4.54. The first-order valence-corrected chi connectivity index (χ1v) is 11.5. The zero-order valence-corrected chi connectivity index (χ0v) is 19.6. The van der Waals surface area contributed by atoms with Crippen LogP contribution in [0.1, 0.15) is 21.5 Å². The predicted molar refractivity (Wildman–Crippen MR) is 133 cm³/mol. The molecule has 0 aliphatic heterocycles. The predicted octanol–water partition coefficient (Wildman–Crippen LogP) is 6.03. The molecule has 1 N–H and O–H groups in total. The SMILES string of the molecule is Cc1cc(C)cc(Oc2cc(NC(=O)c3cnn4c(-c5cccs5)ccnc34)cc([N+](=O)[O-])c2)c1. The van der Waals surface area contributed by atoms with Crippen LogP contribution in [0, 0.1) is 24.0 Å². The summed E-state index contributed by atoms with van der Waals surface area (Å²) in [4.78, 5) is 29.4. The van der Waals surface area contributed by atoms with E-state index >= 15 is 0 Å². The molecule has 0 radical (unpaired) electrons. The van der Waals surface area contributed by atoms with Crippen LogP contribution in [0.15, 0.2) is 72.4 Å². The Hall–Kier alpha value is -4.57. The molecule has 5 aromatic rings. The molecule has 9 nitrogen and oxygen atoms in total. The van der Waals surface area contributed by atoms with E-state index in [1.807, 2.05) is 55.6 Å². The number of aromatic nitrogens is 3. The van der Waals surface area contributed by atoms with E-state index in [2.05, 4.69) is 15.4 Å². The van der Waals surface area contributed by atoms with E-state index in [0.717, 1.165) is 21.7 Å². The number of carbonyl (C=O) groups is 1. The molecule has 174 valence electrons. The molecular weight excluding hydrogens is 466 g/mol. The molecule has 3 heterocycles. The Balaban J connectivity index is 1.47. The van der Waals surface area contributed by atoms with Gasteiger partial charge >= 0.3 is 0 Å². The molecule has 3 aromatic heterocycles. The van der Waals surface area contributed by atoms with Crippen molar-refractivity contribution >= 4 is 34.3 Å². The standard InChI is InChI=1S/C25H19N5O4S/c1-15-8-16(2)10-19(9-15)34-20-12-17(11-18(13-20)30(32)33)28-25(31)21-14-27-29-22(5-6-26-24(21)29)23-4-3-7-35-23/h3-14H,1-2H3,(H,28,31). The van der Waals surface area contributed by atoms with Crippen molar-refractivity contribution in [2.45, 2.75) is 13.8 Å². The summed E-state index contributed by atoms with van der Waals surface area (Å²) in [6, 6.07) is 15.5. The van der Waals surface area contributed by atoms with Crippen LogP contribution in [0.3, 0.4) is 0 Å². The number of aryl methyl sites for hydroxylation is 2. The van der Waals surface area contributed by atoms with Gasteiger partial charge in [0.15, 0.2) is 5.65 Å². The van der Waals surface area contributed by atoms with Crippen molar-refractivity contribution in [2.75, 3.05) is 5.32 Å². The molecule has 0 atom stereocenters. The maximum absolute atomic E-state index is 13.1. The lowest BCUT2D eigenvalue weighted by Crippen LogP contribution is -2.12. The minimum Gasteiger partial charge on any atom is -0.457 e. The molecule has 0 saturated carbocycles. The third kappa shape index (κ3) is 4.59. The topological polar surface area (TPSA) is 112 Å². The number of anilines is 1. The Bertz CT molecular complexity index is 1560. The van der Waals surface area contributed by atoms with Crippen molar-refractivity contribution in [1.82, 2.24) is 14.6 Å². The second-order valence-electron chi connectivity index (χ2n) is 7.95. The number of nitrogens with one attached hydrogen (secondary N) is 1. The van der Waals surface area contributed by atoms with E-state index in [4.69, 9.17) is 4.74 Å². The molecule has 0 saturated heterocycles. The Morgan fingerprint density at radius 3 is 2.57 bits per heavy atom. The van der Waals surface area contributed by atoms with E-state index in [-0.39, 0.29) is 22.7 Å². The summed E-state index contributed by atoms with van der Waals surface area (Å²) in [5.41, 5.74) is 3.45. The number of hydrogen-bond donors (Lipinski definition) is 1. The summed E-state index contributed by atoms with van der Waals surface area (Å²) in [5, 5.41) is 20.5. The highest BCUT2D eigenvalue weighted by atomic mass is 32.1. The second kappa shape index (κ2) is 8.99. The zero-order valence-electron chi connectivity index (χ0n) is 18.8. The first kappa shape index (κ1) is 22.2. The summed E-state index contributed by atoms with van der Waals surface area (Å²) < 4.78 is 7.49. The lowest BCUT2D eigenvalue weighted by atomic mass is 10.1. The van der Waals surface area contributed by atoms with Crippen LogP contribution in [-0.2, 0) is 0 Å². The number of benzene rings is 2. The fraction of sp³-hybridized carbons (Fsp3) is 0.0800. The van der Waals surface area contributed by atoms with Crippen LogP contribution in [0.5, 0.6) is 11.5 Å². The van der Waals surface area contributed by atoms with Crippen molar-refractivity contribution < 1.29 is 14.5 Å². The van der Waals surface area contributed by atoms with E-state index in [0.29, 0.717) is 11.4 Å². The number of fused-ring (bicyclic) bond motifs is 1. The van der Waals surface area contributed by atoms with Gasteiger partial charge in [0, 0.05) is 18.3 Å². The maximum Gasteiger partial charge on any atom is 0.275 e. The van der Waals surface area contributed by atoms with Crippen molar-refractivity contribution in [1.29, 1.82) is 0 Å². The summed E-state index contributed by atoms with van der Waals surface area (Å²) in [6.07, 6.45) is 3.05. The third-order valence-electron chi connectivity index (χ3n) is 5.21. The Kier molecular flexibility index (Phi) is 5.71. The molecule has 0 fully saturated rings. The van der Waals surface area contributed by atoms with Gasteiger partial charge in [-0.2, -0.15) is 5.10 Å². The van der Waals surface area contributed by atoms with Gasteiger partial charge in [0.1, 0.15) is 17.1 Å². The van der Waals surface area contributed by atoms with Crippen LogP contribution in [0.2, 0.25) is 0 Å². The number of nitro groups is 1. The lowest BCUT2D eigenvalue weighted by Gasteiger charge is -2.10. The van der Waals surface area contributed by atoms with E-state index < -0.39 is 10.8 Å². The molecule has 0 aliphatic carbocycles. The van der Waals surface area contributed by atoms with Gasteiger partial charge in [0.25, 0.3) is 11.6 Å². The van der Waals surface area contributed by atoms with Crippen molar-refractivity contribution in [3.8, 4) is 22.1 Å². The van der Waals surface area contributed by atoms with Crippen LogP contribution in [0.4, 0.5) is 11.4 Å². The molecule has 5 rings (SSSR count). The average Bonchev–Trinajstić information content (AvgIpc) is 3.48. The zero-order chi connectivity index (χ0) is 24.5. The van der Waals surface area contributed by atoms with Gasteiger partial charge in [0.05, 0.1) is 33.4 Å². The van der Waals surface area contributed by atoms with Gasteiger partial charge in [0.2, 0.25) is 0 Å². The van der Waals surface area contributed by atoms with Gasteiger partial charge in [-0.05, 0) is 54.6 Å². The summed E-state index contributed by atoms with van der Waals surface area (Å²) in [6.45, 7) is 3.88. The number of rotatable bonds is 6. The smallest absolute Gasteiger partial charge is 0.275 e. The molecule has 10 heteroatoms. The third-order valence-corrected chi connectivity index (χ3v) is 6.10. The van der Waals surface area contributed by atoms with Crippen LogP contribution >= 0.6 is 11.3 Å². The quantitative estimate of drug-likeness (QED) is 0.232. The second-order valence-corrected chi connectivity index (χ2v) is 8.90. The van der Waals surface area contributed by atoms with Crippen LogP contribution in [0.25, 0.3) is 16.2 Å². The Labute approximate surface area is 203 Å². The molecule has 0 bridgehead atoms. The minimum absolute atomic E-state index is 0.208. The molecule has 0 spiro atoms. The van der Waals surface area contributed by atoms with Crippen LogP contribution < -0.4 is 10.1 Å². The molecule has 2 aromatic carbocycles. The number of non-ortho nitro benzene ring substituents is 1. The van der Waals surface area contributed by atoms with Gasteiger partial charge in [-0.15, -0.1) is 11.3 Å². The Morgan fingerprint density at radius 2 is 1.86 bits per heavy atom. The van der Waals surface area contributed by atoms with Crippen LogP contribution in [-0.4, -0.2) is 25.4 Å². The number of ether oxygens (including phenoxy) is 1. The average molecular weight is 486 g/mol. The van der Waals surface area contributed by atoms with E-state index in [1.165, 1.54) is 18.3 Å².